The lowest BCUT2D eigenvalue weighted by molar-refractivity contribution is 0.642. The monoisotopic (exact) mass is 286 g/mol. The zero-order valence-electron chi connectivity index (χ0n) is 11.6. The van der Waals surface area contributed by atoms with E-state index >= 15 is 0 Å². The molecule has 2 aromatic rings. The summed E-state index contributed by atoms with van der Waals surface area (Å²) < 4.78 is 0. The topological polar surface area (TPSA) is 109 Å². The summed E-state index contributed by atoms with van der Waals surface area (Å²) >= 11 is 0. The molecule has 1 saturated heterocycles. The number of nitrogens with two attached hydrogens (primary N) is 2. The molecular formula is C13H18N8. The molecule has 3 rings (SSSR count). The molecule has 0 saturated carbocycles. The van der Waals surface area contributed by atoms with Crippen molar-refractivity contribution < 1.29 is 0 Å². The van der Waals surface area contributed by atoms with Crippen LogP contribution in [0, 0.1) is 0 Å². The minimum Gasteiger partial charge on any atom is -0.393 e. The van der Waals surface area contributed by atoms with E-state index in [1.165, 1.54) is 6.33 Å². The Morgan fingerprint density at radius 2 is 1.76 bits per heavy atom. The molecule has 0 amide bonds. The number of hydrogen-bond acceptors (Lipinski definition) is 8. The smallest absolute Gasteiger partial charge is 0.168 e. The molecule has 0 aliphatic carbocycles. The zero-order valence-corrected chi connectivity index (χ0v) is 11.6. The Morgan fingerprint density at radius 3 is 2.43 bits per heavy atom. The molecule has 3 heterocycles. The van der Waals surface area contributed by atoms with Crippen LogP contribution in [-0.4, -0.2) is 41.1 Å². The van der Waals surface area contributed by atoms with Crippen LogP contribution in [0.1, 0.15) is 0 Å². The Balaban J connectivity index is 1.72. The molecule has 1 aliphatic rings. The second-order valence-corrected chi connectivity index (χ2v) is 4.77. The standard InChI is InChI=1S/C13H18N8/c14-11-12(19-15)17-9-18-13(11)21-7-5-20(6-8-21)10-3-1-2-4-16-10/h1-4,9H,5-8,14-15H2,(H,17,18,19). The van der Waals surface area contributed by atoms with Crippen LogP contribution in [0.5, 0.6) is 0 Å². The molecule has 8 heteroatoms. The molecule has 21 heavy (non-hydrogen) atoms. The molecule has 1 fully saturated rings. The highest BCUT2D eigenvalue weighted by Crippen LogP contribution is 2.26. The van der Waals surface area contributed by atoms with Gasteiger partial charge in [0.25, 0.3) is 0 Å². The minimum absolute atomic E-state index is 0.451. The van der Waals surface area contributed by atoms with Crippen LogP contribution >= 0.6 is 0 Å². The van der Waals surface area contributed by atoms with Crippen LogP contribution in [0.15, 0.2) is 30.7 Å². The fraction of sp³-hybridized carbons (Fsp3) is 0.308. The third kappa shape index (κ3) is 2.65. The number of hydrazine groups is 1. The average Bonchev–Trinajstić information content (AvgIpc) is 2.56. The lowest BCUT2D eigenvalue weighted by atomic mass is 10.3. The summed E-state index contributed by atoms with van der Waals surface area (Å²) in [7, 11) is 0. The predicted molar refractivity (Wildman–Crippen MR) is 82.9 cm³/mol. The van der Waals surface area contributed by atoms with Gasteiger partial charge in [-0.05, 0) is 12.1 Å². The van der Waals surface area contributed by atoms with Gasteiger partial charge in [0.2, 0.25) is 0 Å². The van der Waals surface area contributed by atoms with E-state index < -0.39 is 0 Å². The van der Waals surface area contributed by atoms with Crippen molar-refractivity contribution in [3.8, 4) is 0 Å². The largest absolute Gasteiger partial charge is 0.393 e. The van der Waals surface area contributed by atoms with E-state index in [1.54, 1.807) is 0 Å². The Kier molecular flexibility index (Phi) is 3.69. The summed E-state index contributed by atoms with van der Waals surface area (Å²) in [6.45, 7) is 3.38. The van der Waals surface area contributed by atoms with Crippen LogP contribution in [0.3, 0.4) is 0 Å². The lowest BCUT2D eigenvalue weighted by Gasteiger charge is -2.36. The quantitative estimate of drug-likeness (QED) is 0.537. The third-order valence-corrected chi connectivity index (χ3v) is 3.55. The number of pyridine rings is 1. The number of aromatic nitrogens is 3. The fourth-order valence-electron chi connectivity index (χ4n) is 2.44. The maximum Gasteiger partial charge on any atom is 0.168 e. The van der Waals surface area contributed by atoms with E-state index in [9.17, 15) is 0 Å². The fourth-order valence-corrected chi connectivity index (χ4v) is 2.44. The number of rotatable bonds is 3. The zero-order chi connectivity index (χ0) is 14.7. The SMILES string of the molecule is NNc1ncnc(N2CCN(c3ccccn3)CC2)c1N. The van der Waals surface area contributed by atoms with Crippen LogP contribution in [0.4, 0.5) is 23.1 Å². The van der Waals surface area contributed by atoms with Crippen LogP contribution < -0.4 is 26.8 Å². The molecule has 0 aromatic carbocycles. The summed E-state index contributed by atoms with van der Waals surface area (Å²) in [5.74, 6) is 7.56. The van der Waals surface area contributed by atoms with E-state index in [1.807, 2.05) is 24.4 Å². The molecule has 0 atom stereocenters. The second-order valence-electron chi connectivity index (χ2n) is 4.77. The van der Waals surface area contributed by atoms with Gasteiger partial charge in [-0.15, -0.1) is 0 Å². The molecular weight excluding hydrogens is 268 g/mol. The van der Waals surface area contributed by atoms with E-state index in [2.05, 4.69) is 30.2 Å². The normalized spacial score (nSPS) is 15.1. The van der Waals surface area contributed by atoms with Crippen molar-refractivity contribution in [2.75, 3.05) is 47.1 Å². The van der Waals surface area contributed by atoms with E-state index in [0.29, 0.717) is 11.5 Å². The van der Waals surface area contributed by atoms with Crippen molar-refractivity contribution in [1.82, 2.24) is 15.0 Å². The number of piperazine rings is 1. The van der Waals surface area contributed by atoms with Crippen molar-refractivity contribution in [1.29, 1.82) is 0 Å². The number of anilines is 4. The van der Waals surface area contributed by atoms with Crippen LogP contribution in [0.25, 0.3) is 0 Å². The maximum absolute atomic E-state index is 6.04. The minimum atomic E-state index is 0.451. The summed E-state index contributed by atoms with van der Waals surface area (Å²) in [4.78, 5) is 17.0. The Labute approximate surface area is 122 Å². The van der Waals surface area contributed by atoms with Gasteiger partial charge in [0, 0.05) is 32.4 Å². The first-order valence-electron chi connectivity index (χ1n) is 6.77. The van der Waals surface area contributed by atoms with Crippen LogP contribution in [-0.2, 0) is 0 Å². The lowest BCUT2D eigenvalue weighted by Crippen LogP contribution is -2.47. The molecule has 110 valence electrons. The Bertz CT molecular complexity index is 594. The van der Waals surface area contributed by atoms with Gasteiger partial charge in [0.15, 0.2) is 11.6 Å². The second kappa shape index (κ2) is 5.80. The third-order valence-electron chi connectivity index (χ3n) is 3.55. The van der Waals surface area contributed by atoms with E-state index in [0.717, 1.165) is 37.8 Å². The van der Waals surface area contributed by atoms with Gasteiger partial charge in [0.1, 0.15) is 17.8 Å². The highest BCUT2D eigenvalue weighted by atomic mass is 15.3. The van der Waals surface area contributed by atoms with Crippen molar-refractivity contribution in [2.24, 2.45) is 5.84 Å². The van der Waals surface area contributed by atoms with Crippen molar-refractivity contribution in [3.05, 3.63) is 30.7 Å². The molecule has 0 spiro atoms. The first-order valence-corrected chi connectivity index (χ1v) is 6.77. The van der Waals surface area contributed by atoms with E-state index in [-0.39, 0.29) is 0 Å². The molecule has 5 N–H and O–H groups in total. The van der Waals surface area contributed by atoms with Crippen LogP contribution in [0.2, 0.25) is 0 Å². The molecule has 2 aromatic heterocycles. The van der Waals surface area contributed by atoms with Crippen molar-refractivity contribution in [2.45, 2.75) is 0 Å². The van der Waals surface area contributed by atoms with Gasteiger partial charge < -0.3 is 21.0 Å². The summed E-state index contributed by atoms with van der Waals surface area (Å²) in [6, 6.07) is 5.93. The summed E-state index contributed by atoms with van der Waals surface area (Å²) in [5, 5.41) is 0. The number of nitrogen functional groups attached to an aromatic ring is 2. The Morgan fingerprint density at radius 1 is 1.00 bits per heavy atom. The number of nitrogens with zero attached hydrogens (tertiary/aromatic N) is 5. The summed E-state index contributed by atoms with van der Waals surface area (Å²) in [5.41, 5.74) is 9.00. The Hall–Kier alpha value is -2.61. The van der Waals surface area contributed by atoms with Gasteiger partial charge in [-0.1, -0.05) is 6.07 Å². The van der Waals surface area contributed by atoms with Gasteiger partial charge in [-0.3, -0.25) is 0 Å². The van der Waals surface area contributed by atoms with Gasteiger partial charge >= 0.3 is 0 Å². The van der Waals surface area contributed by atoms with Gasteiger partial charge in [-0.25, -0.2) is 20.8 Å². The van der Waals surface area contributed by atoms with Crippen molar-refractivity contribution in [3.63, 3.8) is 0 Å². The highest BCUT2D eigenvalue weighted by molar-refractivity contribution is 5.74. The molecule has 8 nitrogen and oxygen atoms in total. The molecule has 0 radical (unpaired) electrons. The average molecular weight is 286 g/mol. The maximum atomic E-state index is 6.04. The van der Waals surface area contributed by atoms with E-state index in [4.69, 9.17) is 11.6 Å². The molecule has 0 unspecified atom stereocenters. The van der Waals surface area contributed by atoms with Gasteiger partial charge in [-0.2, -0.15) is 0 Å². The molecule has 0 bridgehead atoms. The van der Waals surface area contributed by atoms with Crippen molar-refractivity contribution >= 4 is 23.1 Å². The predicted octanol–water partition coefficient (Wildman–Crippen LogP) is 0.0660. The number of hydrogen-bond donors (Lipinski definition) is 3. The highest BCUT2D eigenvalue weighted by Gasteiger charge is 2.21. The molecule has 1 aliphatic heterocycles. The number of nitrogens with one attached hydrogen (secondary N) is 1. The first kappa shape index (κ1) is 13.4. The first-order chi connectivity index (χ1) is 10.3. The van der Waals surface area contributed by atoms with Gasteiger partial charge in [0.05, 0.1) is 0 Å². The summed E-state index contributed by atoms with van der Waals surface area (Å²) in [6.07, 6.45) is 3.27.